The van der Waals surface area contributed by atoms with Gasteiger partial charge in [0.15, 0.2) is 0 Å². The van der Waals surface area contributed by atoms with E-state index in [1.54, 1.807) is 36.5 Å². The second-order valence-electron chi connectivity index (χ2n) is 5.30. The Morgan fingerprint density at radius 3 is 2.70 bits per heavy atom. The van der Waals surface area contributed by atoms with Gasteiger partial charge >= 0.3 is 0 Å². The maximum Gasteiger partial charge on any atom is 0.243 e. The first-order chi connectivity index (χ1) is 11.0. The van der Waals surface area contributed by atoms with Gasteiger partial charge in [-0.25, -0.2) is 13.1 Å². The molecule has 0 aliphatic carbocycles. The van der Waals surface area contributed by atoms with Gasteiger partial charge in [0.05, 0.1) is 5.52 Å². The molecule has 0 fully saturated rings. The Balaban J connectivity index is 1.94. The lowest BCUT2D eigenvalue weighted by Crippen LogP contribution is -2.23. The van der Waals surface area contributed by atoms with Crippen molar-refractivity contribution < 1.29 is 8.42 Å². The Hall–Kier alpha value is -1.95. The van der Waals surface area contributed by atoms with Crippen LogP contribution in [0, 0.1) is 6.92 Å². The zero-order valence-corrected chi connectivity index (χ0v) is 14.0. The van der Waals surface area contributed by atoms with E-state index in [0.29, 0.717) is 10.5 Å². The van der Waals surface area contributed by atoms with Crippen molar-refractivity contribution in [3.8, 4) is 0 Å². The number of aromatic nitrogens is 1. The zero-order valence-electron chi connectivity index (χ0n) is 12.5. The fourth-order valence-corrected chi connectivity index (χ4v) is 3.77. The van der Waals surface area contributed by atoms with Gasteiger partial charge in [0.25, 0.3) is 0 Å². The molecule has 0 radical (unpaired) electrons. The van der Waals surface area contributed by atoms with Gasteiger partial charge in [-0.3, -0.25) is 4.98 Å². The number of nitrogens with one attached hydrogen (secondary N) is 1. The predicted molar refractivity (Wildman–Crippen MR) is 92.0 cm³/mol. The molecule has 0 bridgehead atoms. The van der Waals surface area contributed by atoms with Gasteiger partial charge in [-0.2, -0.15) is 0 Å². The summed E-state index contributed by atoms with van der Waals surface area (Å²) in [5.74, 6) is 0. The lowest BCUT2D eigenvalue weighted by atomic mass is 10.2. The average Bonchev–Trinajstić information content (AvgIpc) is 2.52. The van der Waals surface area contributed by atoms with E-state index in [1.807, 2.05) is 25.1 Å². The van der Waals surface area contributed by atoms with Gasteiger partial charge in [0.1, 0.15) is 4.90 Å². The van der Waals surface area contributed by atoms with Crippen LogP contribution in [0.15, 0.2) is 59.6 Å². The molecule has 0 spiro atoms. The molecular weight excluding hydrogens is 332 g/mol. The van der Waals surface area contributed by atoms with Crippen molar-refractivity contribution in [1.82, 2.24) is 9.71 Å². The maximum atomic E-state index is 12.6. The molecule has 6 heteroatoms. The first-order valence-corrected chi connectivity index (χ1v) is 8.91. The molecule has 1 heterocycles. The Morgan fingerprint density at radius 1 is 1.13 bits per heavy atom. The lowest BCUT2D eigenvalue weighted by Gasteiger charge is -2.09. The summed E-state index contributed by atoms with van der Waals surface area (Å²) in [7, 11) is -3.67. The average molecular weight is 347 g/mol. The van der Waals surface area contributed by atoms with Crippen molar-refractivity contribution in [2.45, 2.75) is 18.4 Å². The van der Waals surface area contributed by atoms with Crippen molar-refractivity contribution in [3.63, 3.8) is 0 Å². The number of rotatable bonds is 4. The van der Waals surface area contributed by atoms with E-state index in [4.69, 9.17) is 11.6 Å². The Bertz CT molecular complexity index is 971. The van der Waals surface area contributed by atoms with Crippen LogP contribution >= 0.6 is 11.6 Å². The van der Waals surface area contributed by atoms with Crippen molar-refractivity contribution >= 4 is 32.5 Å². The highest BCUT2D eigenvalue weighted by molar-refractivity contribution is 7.89. The van der Waals surface area contributed by atoms with Crippen LogP contribution in [0.25, 0.3) is 10.9 Å². The van der Waals surface area contributed by atoms with Gasteiger partial charge in [-0.1, -0.05) is 35.9 Å². The number of pyridine rings is 1. The van der Waals surface area contributed by atoms with Crippen LogP contribution in [0.5, 0.6) is 0 Å². The van der Waals surface area contributed by atoms with Crippen LogP contribution < -0.4 is 4.72 Å². The molecule has 1 N–H and O–H groups in total. The molecule has 0 saturated carbocycles. The molecule has 3 aromatic rings. The van der Waals surface area contributed by atoms with Gasteiger partial charge in [-0.15, -0.1) is 0 Å². The first-order valence-electron chi connectivity index (χ1n) is 7.05. The third kappa shape index (κ3) is 3.52. The van der Waals surface area contributed by atoms with Gasteiger partial charge in [-0.05, 0) is 42.3 Å². The summed E-state index contributed by atoms with van der Waals surface area (Å²) in [4.78, 5) is 4.45. The quantitative estimate of drug-likeness (QED) is 0.784. The first kappa shape index (κ1) is 15.9. The van der Waals surface area contributed by atoms with Crippen LogP contribution in [0.4, 0.5) is 0 Å². The number of para-hydroxylation sites is 1. The molecule has 3 rings (SSSR count). The molecular formula is C17H15ClN2O2S. The smallest absolute Gasteiger partial charge is 0.243 e. The topological polar surface area (TPSA) is 59.1 Å². The summed E-state index contributed by atoms with van der Waals surface area (Å²) in [6.07, 6.45) is 1.67. The van der Waals surface area contributed by atoms with E-state index >= 15 is 0 Å². The molecule has 23 heavy (non-hydrogen) atoms. The second-order valence-corrected chi connectivity index (χ2v) is 7.47. The van der Waals surface area contributed by atoms with Gasteiger partial charge in [0, 0.05) is 23.2 Å². The van der Waals surface area contributed by atoms with Crippen LogP contribution in [-0.4, -0.2) is 13.4 Å². The molecule has 4 nitrogen and oxygen atoms in total. The SMILES string of the molecule is Cc1cnc2c(S(=O)(=O)NCc3cccc(Cl)c3)cccc2c1. The minimum atomic E-state index is -3.67. The van der Waals surface area contributed by atoms with Crippen molar-refractivity contribution in [2.75, 3.05) is 0 Å². The number of benzene rings is 2. The normalized spacial score (nSPS) is 11.7. The summed E-state index contributed by atoms with van der Waals surface area (Å²) in [6, 6.07) is 14.1. The molecule has 0 saturated heterocycles. The van der Waals surface area contributed by atoms with Gasteiger partial charge < -0.3 is 0 Å². The molecule has 0 atom stereocenters. The summed E-state index contributed by atoms with van der Waals surface area (Å²) in [6.45, 7) is 2.09. The largest absolute Gasteiger partial charge is 0.255 e. The number of hydrogen-bond acceptors (Lipinski definition) is 3. The summed E-state index contributed by atoms with van der Waals surface area (Å²) in [5, 5.41) is 1.37. The number of halogens is 1. The molecule has 118 valence electrons. The van der Waals surface area contributed by atoms with E-state index in [1.165, 1.54) is 0 Å². The van der Waals surface area contributed by atoms with Crippen molar-refractivity contribution in [3.05, 3.63) is 70.9 Å². The van der Waals surface area contributed by atoms with Crippen LogP contribution in [0.2, 0.25) is 5.02 Å². The predicted octanol–water partition coefficient (Wildman–Crippen LogP) is 3.68. The minimum Gasteiger partial charge on any atom is -0.255 e. The number of fused-ring (bicyclic) bond motifs is 1. The Kier molecular flexibility index (Phi) is 4.35. The fraction of sp³-hybridized carbons (Fsp3) is 0.118. The standard InChI is InChI=1S/C17H15ClN2O2S/c1-12-8-14-5-3-7-16(17(14)19-10-12)23(21,22)20-11-13-4-2-6-15(18)9-13/h2-10,20H,11H2,1H3. The minimum absolute atomic E-state index is 0.172. The zero-order chi connectivity index (χ0) is 16.4. The van der Waals surface area contributed by atoms with E-state index in [0.717, 1.165) is 16.5 Å². The van der Waals surface area contributed by atoms with Crippen molar-refractivity contribution in [2.24, 2.45) is 0 Å². The third-order valence-electron chi connectivity index (χ3n) is 3.46. The second kappa shape index (κ2) is 6.28. The maximum absolute atomic E-state index is 12.6. The van der Waals surface area contributed by atoms with E-state index in [9.17, 15) is 8.42 Å². The highest BCUT2D eigenvalue weighted by Gasteiger charge is 2.18. The summed E-state index contributed by atoms with van der Waals surface area (Å²) < 4.78 is 27.8. The van der Waals surface area contributed by atoms with Crippen molar-refractivity contribution in [1.29, 1.82) is 0 Å². The number of hydrogen-bond donors (Lipinski definition) is 1. The molecule has 2 aromatic carbocycles. The number of nitrogens with zero attached hydrogens (tertiary/aromatic N) is 1. The molecule has 0 aliphatic heterocycles. The highest BCUT2D eigenvalue weighted by atomic mass is 35.5. The Morgan fingerprint density at radius 2 is 1.91 bits per heavy atom. The highest BCUT2D eigenvalue weighted by Crippen LogP contribution is 2.22. The van der Waals surface area contributed by atoms with Crippen LogP contribution in [-0.2, 0) is 16.6 Å². The third-order valence-corrected chi connectivity index (χ3v) is 5.12. The van der Waals surface area contributed by atoms with E-state index in [2.05, 4.69) is 9.71 Å². The number of sulfonamides is 1. The van der Waals surface area contributed by atoms with E-state index in [-0.39, 0.29) is 11.4 Å². The lowest BCUT2D eigenvalue weighted by molar-refractivity contribution is 0.582. The van der Waals surface area contributed by atoms with Crippen LogP contribution in [0.1, 0.15) is 11.1 Å². The fourth-order valence-electron chi connectivity index (χ4n) is 2.36. The Labute approximate surface area is 140 Å². The van der Waals surface area contributed by atoms with Crippen LogP contribution in [0.3, 0.4) is 0 Å². The summed E-state index contributed by atoms with van der Waals surface area (Å²) >= 11 is 5.92. The number of aryl methyl sites for hydroxylation is 1. The van der Waals surface area contributed by atoms with Gasteiger partial charge in [0.2, 0.25) is 10.0 Å². The van der Waals surface area contributed by atoms with E-state index < -0.39 is 10.0 Å². The molecule has 0 aliphatic rings. The summed E-state index contributed by atoms with van der Waals surface area (Å²) in [5.41, 5.74) is 2.25. The molecule has 1 aromatic heterocycles. The molecule has 0 amide bonds. The monoisotopic (exact) mass is 346 g/mol. The molecule has 0 unspecified atom stereocenters.